The predicted octanol–water partition coefficient (Wildman–Crippen LogP) is 1.75. The third kappa shape index (κ3) is 3.53. The van der Waals surface area contributed by atoms with Gasteiger partial charge in [0, 0.05) is 37.8 Å². The summed E-state index contributed by atoms with van der Waals surface area (Å²) in [7, 11) is 0. The van der Waals surface area contributed by atoms with Crippen molar-refractivity contribution in [3.05, 3.63) is 60.0 Å². The number of pyridine rings is 1. The van der Waals surface area contributed by atoms with Crippen LogP contribution in [0.5, 0.6) is 0 Å². The van der Waals surface area contributed by atoms with Crippen LogP contribution in [0.2, 0.25) is 0 Å². The van der Waals surface area contributed by atoms with Gasteiger partial charge in [-0.3, -0.25) is 14.0 Å². The predicted molar refractivity (Wildman–Crippen MR) is 101 cm³/mol. The number of carbonyl (C=O) groups is 2. The molecule has 1 unspecified atom stereocenters. The minimum Gasteiger partial charge on any atom is -0.355 e. The topological polar surface area (TPSA) is 79.6 Å². The molecule has 1 atom stereocenters. The first-order valence-corrected chi connectivity index (χ1v) is 9.05. The molecule has 1 aromatic carbocycles. The van der Waals surface area contributed by atoms with Crippen molar-refractivity contribution in [2.45, 2.75) is 19.8 Å². The molecule has 0 radical (unpaired) electrons. The number of amides is 2. The lowest BCUT2D eigenvalue weighted by Crippen LogP contribution is -2.34. The van der Waals surface area contributed by atoms with Gasteiger partial charge in [-0.25, -0.2) is 0 Å². The molecule has 7 heteroatoms. The molecule has 7 nitrogen and oxygen atoms in total. The summed E-state index contributed by atoms with van der Waals surface area (Å²) in [5.74, 6) is 0.373. The molecule has 3 aromatic rings. The first kappa shape index (κ1) is 17.2. The van der Waals surface area contributed by atoms with Crippen molar-refractivity contribution in [2.24, 2.45) is 5.92 Å². The summed E-state index contributed by atoms with van der Waals surface area (Å²) in [5.41, 5.74) is 2.77. The van der Waals surface area contributed by atoms with Gasteiger partial charge in [0.15, 0.2) is 5.65 Å². The number of hydrogen-bond donors (Lipinski definition) is 1. The summed E-state index contributed by atoms with van der Waals surface area (Å²) < 4.78 is 1.91. The van der Waals surface area contributed by atoms with E-state index in [1.54, 1.807) is 4.90 Å². The van der Waals surface area contributed by atoms with Gasteiger partial charge < -0.3 is 10.2 Å². The average Bonchev–Trinajstić information content (AvgIpc) is 3.26. The molecule has 4 rings (SSSR count). The van der Waals surface area contributed by atoms with E-state index >= 15 is 0 Å². The molecule has 138 valence electrons. The summed E-state index contributed by atoms with van der Waals surface area (Å²) in [5, 5.41) is 11.2. The second-order valence-electron chi connectivity index (χ2n) is 6.83. The Labute approximate surface area is 157 Å². The van der Waals surface area contributed by atoms with Crippen LogP contribution in [0.4, 0.5) is 5.69 Å². The van der Waals surface area contributed by atoms with Crippen LogP contribution in [0.15, 0.2) is 48.7 Å². The van der Waals surface area contributed by atoms with Gasteiger partial charge in [-0.1, -0.05) is 23.8 Å². The van der Waals surface area contributed by atoms with E-state index in [1.807, 2.05) is 60.0 Å². The molecule has 0 saturated carbocycles. The number of benzene rings is 1. The van der Waals surface area contributed by atoms with Crippen molar-refractivity contribution in [1.82, 2.24) is 19.9 Å². The minimum absolute atomic E-state index is 0.0116. The summed E-state index contributed by atoms with van der Waals surface area (Å²) in [4.78, 5) is 26.5. The van der Waals surface area contributed by atoms with Gasteiger partial charge in [-0.2, -0.15) is 0 Å². The fraction of sp³-hybridized carbons (Fsp3) is 0.300. The summed E-state index contributed by atoms with van der Waals surface area (Å²) in [6, 6.07) is 13.5. The molecule has 2 amide bonds. The van der Waals surface area contributed by atoms with Gasteiger partial charge in [-0.15, -0.1) is 10.2 Å². The number of anilines is 1. The van der Waals surface area contributed by atoms with Gasteiger partial charge in [0.05, 0.1) is 5.92 Å². The first-order valence-electron chi connectivity index (χ1n) is 9.05. The Kier molecular flexibility index (Phi) is 4.58. The average molecular weight is 363 g/mol. The Morgan fingerprint density at radius 2 is 2.00 bits per heavy atom. The number of rotatable bonds is 5. The highest BCUT2D eigenvalue weighted by atomic mass is 16.2. The number of carbonyl (C=O) groups excluding carboxylic acids is 2. The van der Waals surface area contributed by atoms with Crippen molar-refractivity contribution in [2.75, 3.05) is 18.0 Å². The fourth-order valence-corrected chi connectivity index (χ4v) is 3.36. The molecule has 0 spiro atoms. The minimum atomic E-state index is -0.325. The van der Waals surface area contributed by atoms with Gasteiger partial charge in [-0.05, 0) is 31.2 Å². The highest BCUT2D eigenvalue weighted by Gasteiger charge is 2.34. The van der Waals surface area contributed by atoms with Crippen LogP contribution in [-0.4, -0.2) is 39.5 Å². The Bertz CT molecular complexity index is 979. The monoisotopic (exact) mass is 363 g/mol. The standard InChI is InChI=1S/C20H21N5O2/c1-14-5-7-16(8-6-14)25-13-15(12-19(25)26)20(27)21-10-9-18-23-22-17-4-2-3-11-24(17)18/h2-8,11,15H,9-10,12-13H2,1H3,(H,21,27). The van der Waals surface area contributed by atoms with E-state index in [0.29, 0.717) is 19.5 Å². The van der Waals surface area contributed by atoms with Gasteiger partial charge in [0.1, 0.15) is 5.82 Å². The Morgan fingerprint density at radius 3 is 2.81 bits per heavy atom. The summed E-state index contributed by atoms with van der Waals surface area (Å²) in [6.07, 6.45) is 2.73. The molecule has 1 fully saturated rings. The van der Waals surface area contributed by atoms with Crippen LogP contribution in [0.1, 0.15) is 17.8 Å². The quantitative estimate of drug-likeness (QED) is 0.749. The summed E-state index contributed by atoms with van der Waals surface area (Å²) >= 11 is 0. The lowest BCUT2D eigenvalue weighted by molar-refractivity contribution is -0.126. The van der Waals surface area contributed by atoms with Gasteiger partial charge in [0.2, 0.25) is 11.8 Å². The van der Waals surface area contributed by atoms with E-state index in [4.69, 9.17) is 0 Å². The molecule has 1 aliphatic heterocycles. The summed E-state index contributed by atoms with van der Waals surface area (Å²) in [6.45, 7) is 2.88. The first-order chi connectivity index (χ1) is 13.1. The Morgan fingerprint density at radius 1 is 1.19 bits per heavy atom. The number of fused-ring (bicyclic) bond motifs is 1. The fourth-order valence-electron chi connectivity index (χ4n) is 3.36. The SMILES string of the molecule is Cc1ccc(N2CC(C(=O)NCCc3nnc4ccccn34)CC2=O)cc1. The molecule has 1 saturated heterocycles. The highest BCUT2D eigenvalue weighted by Crippen LogP contribution is 2.25. The Hall–Kier alpha value is -3.22. The van der Waals surface area contributed by atoms with Crippen LogP contribution in [0.25, 0.3) is 5.65 Å². The number of hydrogen-bond acceptors (Lipinski definition) is 4. The second-order valence-corrected chi connectivity index (χ2v) is 6.83. The van der Waals surface area contributed by atoms with Crippen molar-refractivity contribution < 1.29 is 9.59 Å². The van der Waals surface area contributed by atoms with Crippen LogP contribution in [0.3, 0.4) is 0 Å². The van der Waals surface area contributed by atoms with E-state index in [1.165, 1.54) is 0 Å². The maximum absolute atomic E-state index is 12.5. The van der Waals surface area contributed by atoms with Crippen LogP contribution < -0.4 is 10.2 Å². The number of aromatic nitrogens is 3. The Balaban J connectivity index is 1.33. The normalized spacial score (nSPS) is 16.9. The lowest BCUT2D eigenvalue weighted by Gasteiger charge is -2.17. The number of nitrogens with zero attached hydrogens (tertiary/aromatic N) is 4. The molecule has 0 aliphatic carbocycles. The molecule has 1 aliphatic rings. The third-order valence-corrected chi connectivity index (χ3v) is 4.87. The van der Waals surface area contributed by atoms with E-state index in [-0.39, 0.29) is 24.2 Å². The third-order valence-electron chi connectivity index (χ3n) is 4.87. The maximum Gasteiger partial charge on any atom is 0.227 e. The largest absolute Gasteiger partial charge is 0.355 e. The zero-order valence-electron chi connectivity index (χ0n) is 15.1. The van der Waals surface area contributed by atoms with Gasteiger partial charge >= 0.3 is 0 Å². The van der Waals surface area contributed by atoms with E-state index in [0.717, 1.165) is 22.7 Å². The van der Waals surface area contributed by atoms with E-state index < -0.39 is 0 Å². The van der Waals surface area contributed by atoms with Crippen LogP contribution >= 0.6 is 0 Å². The second kappa shape index (κ2) is 7.19. The smallest absolute Gasteiger partial charge is 0.227 e. The van der Waals surface area contributed by atoms with Crippen molar-refractivity contribution in [1.29, 1.82) is 0 Å². The lowest BCUT2D eigenvalue weighted by atomic mass is 10.1. The molecule has 1 N–H and O–H groups in total. The zero-order valence-corrected chi connectivity index (χ0v) is 15.1. The molecular weight excluding hydrogens is 342 g/mol. The van der Waals surface area contributed by atoms with Gasteiger partial charge in [0.25, 0.3) is 0 Å². The van der Waals surface area contributed by atoms with Crippen molar-refractivity contribution >= 4 is 23.1 Å². The number of aryl methyl sites for hydroxylation is 1. The van der Waals surface area contributed by atoms with Crippen molar-refractivity contribution in [3.63, 3.8) is 0 Å². The number of nitrogens with one attached hydrogen (secondary N) is 1. The zero-order chi connectivity index (χ0) is 18.8. The molecule has 3 heterocycles. The van der Waals surface area contributed by atoms with Crippen molar-refractivity contribution in [3.8, 4) is 0 Å². The van der Waals surface area contributed by atoms with Crippen LogP contribution in [-0.2, 0) is 16.0 Å². The van der Waals surface area contributed by atoms with E-state index in [2.05, 4.69) is 15.5 Å². The molecular formula is C20H21N5O2. The molecule has 2 aromatic heterocycles. The molecule has 27 heavy (non-hydrogen) atoms. The maximum atomic E-state index is 12.5. The highest BCUT2D eigenvalue weighted by molar-refractivity contribution is 6.00. The molecule has 0 bridgehead atoms. The van der Waals surface area contributed by atoms with Crippen LogP contribution in [0, 0.1) is 12.8 Å². The van der Waals surface area contributed by atoms with E-state index in [9.17, 15) is 9.59 Å².